The molecule has 0 bridgehead atoms. The molecule has 4 heteroatoms. The molecule has 0 saturated heterocycles. The van der Waals surface area contributed by atoms with Crippen LogP contribution in [0.1, 0.15) is 28.3 Å². The van der Waals surface area contributed by atoms with Crippen LogP contribution in [0.15, 0.2) is 29.2 Å². The minimum Gasteiger partial charge on any atom is -0.307 e. The van der Waals surface area contributed by atoms with Gasteiger partial charge in [-0.25, -0.2) is 9.97 Å². The maximum atomic E-state index is 4.65. The van der Waals surface area contributed by atoms with Crippen LogP contribution < -0.4 is 5.32 Å². The Balaban J connectivity index is 1.73. The summed E-state index contributed by atoms with van der Waals surface area (Å²) in [4.78, 5) is 10.5. The lowest BCUT2D eigenvalue weighted by Gasteiger charge is -2.06. The van der Waals surface area contributed by atoms with E-state index in [4.69, 9.17) is 0 Å². The topological polar surface area (TPSA) is 37.8 Å². The van der Waals surface area contributed by atoms with Crippen molar-refractivity contribution in [2.75, 3.05) is 0 Å². The molecule has 98 valence electrons. The van der Waals surface area contributed by atoms with E-state index in [1.165, 1.54) is 21.7 Å². The molecule has 0 amide bonds. The number of hydrogen-bond donors (Lipinski definition) is 1. The third-order valence-corrected chi connectivity index (χ3v) is 4.34. The van der Waals surface area contributed by atoms with Gasteiger partial charge in [-0.15, -0.1) is 11.8 Å². The summed E-state index contributed by atoms with van der Waals surface area (Å²) in [5, 5.41) is 3.33. The monoisotopic (exact) mass is 271 g/mol. The Hall–Kier alpha value is -1.39. The second-order valence-electron chi connectivity index (χ2n) is 4.86. The largest absolute Gasteiger partial charge is 0.307 e. The molecule has 0 atom stereocenters. The van der Waals surface area contributed by atoms with E-state index in [1.54, 1.807) is 11.8 Å². The molecule has 0 unspecified atom stereocenters. The van der Waals surface area contributed by atoms with Crippen LogP contribution in [0.3, 0.4) is 0 Å². The number of nitrogens with zero attached hydrogens (tertiary/aromatic N) is 2. The third-order valence-electron chi connectivity index (χ3n) is 3.33. The van der Waals surface area contributed by atoms with Crippen LogP contribution in [-0.4, -0.2) is 9.97 Å². The molecular formula is C15H17N3S. The second kappa shape index (κ2) is 5.31. The highest BCUT2D eigenvalue weighted by Gasteiger charge is 2.16. The lowest BCUT2D eigenvalue weighted by atomic mass is 10.2. The van der Waals surface area contributed by atoms with E-state index in [0.29, 0.717) is 0 Å². The van der Waals surface area contributed by atoms with Gasteiger partial charge >= 0.3 is 0 Å². The van der Waals surface area contributed by atoms with Crippen molar-refractivity contribution in [3.05, 3.63) is 52.6 Å². The van der Waals surface area contributed by atoms with E-state index in [0.717, 1.165) is 30.4 Å². The maximum Gasteiger partial charge on any atom is 0.139 e. The molecule has 1 aliphatic heterocycles. The lowest BCUT2D eigenvalue weighted by molar-refractivity contribution is 0.756. The summed E-state index contributed by atoms with van der Waals surface area (Å²) >= 11 is 1.79. The zero-order valence-corrected chi connectivity index (χ0v) is 12.0. The Morgan fingerprint density at radius 1 is 1.11 bits per heavy atom. The van der Waals surface area contributed by atoms with Gasteiger partial charge < -0.3 is 5.32 Å². The zero-order chi connectivity index (χ0) is 13.2. The Morgan fingerprint density at radius 3 is 2.68 bits per heavy atom. The summed E-state index contributed by atoms with van der Waals surface area (Å²) in [6.07, 6.45) is 0. The van der Waals surface area contributed by atoms with Crippen LogP contribution in [0, 0.1) is 13.8 Å². The highest BCUT2D eigenvalue weighted by Crippen LogP contribution is 2.23. The average Bonchev–Trinajstić information content (AvgIpc) is 2.87. The Labute approximate surface area is 117 Å². The molecule has 1 N–H and O–H groups in total. The predicted octanol–water partition coefficient (Wildman–Crippen LogP) is 2.99. The van der Waals surface area contributed by atoms with Gasteiger partial charge in [0.05, 0.1) is 11.4 Å². The second-order valence-corrected chi connectivity index (χ2v) is 5.90. The number of thioether (sulfide) groups is 1. The number of aryl methyl sites for hydroxylation is 2. The predicted molar refractivity (Wildman–Crippen MR) is 78.1 cm³/mol. The van der Waals surface area contributed by atoms with Crippen LogP contribution >= 0.6 is 11.8 Å². The van der Waals surface area contributed by atoms with Crippen LogP contribution in [0.5, 0.6) is 0 Å². The molecule has 1 aliphatic rings. The van der Waals surface area contributed by atoms with Crippen molar-refractivity contribution in [3.63, 3.8) is 0 Å². The van der Waals surface area contributed by atoms with Crippen molar-refractivity contribution in [3.8, 4) is 0 Å². The summed E-state index contributed by atoms with van der Waals surface area (Å²) < 4.78 is 0. The molecule has 1 aromatic heterocycles. The van der Waals surface area contributed by atoms with Crippen LogP contribution in [-0.2, 0) is 18.8 Å². The van der Waals surface area contributed by atoms with Gasteiger partial charge in [0.2, 0.25) is 0 Å². The van der Waals surface area contributed by atoms with E-state index in [-0.39, 0.29) is 0 Å². The van der Waals surface area contributed by atoms with Gasteiger partial charge in [-0.1, -0.05) is 17.7 Å². The fourth-order valence-corrected chi connectivity index (χ4v) is 3.00. The van der Waals surface area contributed by atoms with Gasteiger partial charge in [0.1, 0.15) is 5.82 Å². The molecule has 0 radical (unpaired) electrons. The zero-order valence-electron chi connectivity index (χ0n) is 11.2. The van der Waals surface area contributed by atoms with Gasteiger partial charge in [0.15, 0.2) is 0 Å². The molecule has 3 nitrogen and oxygen atoms in total. The fraction of sp³-hybridized carbons (Fsp3) is 0.333. The van der Waals surface area contributed by atoms with Gasteiger partial charge in [0.25, 0.3) is 0 Å². The number of benzene rings is 1. The quantitative estimate of drug-likeness (QED) is 0.871. The first-order valence-corrected chi connectivity index (χ1v) is 7.46. The van der Waals surface area contributed by atoms with Crippen molar-refractivity contribution >= 4 is 11.8 Å². The smallest absolute Gasteiger partial charge is 0.139 e. The third kappa shape index (κ3) is 2.80. The van der Waals surface area contributed by atoms with E-state index < -0.39 is 0 Å². The normalized spacial score (nSPS) is 13.6. The summed E-state index contributed by atoms with van der Waals surface area (Å²) in [7, 11) is 0. The van der Waals surface area contributed by atoms with Crippen molar-refractivity contribution < 1.29 is 0 Å². The van der Waals surface area contributed by atoms with Crippen LogP contribution in [0.25, 0.3) is 0 Å². The molecule has 0 spiro atoms. The first kappa shape index (κ1) is 12.6. The van der Waals surface area contributed by atoms with Gasteiger partial charge in [-0.2, -0.15) is 0 Å². The summed E-state index contributed by atoms with van der Waals surface area (Å²) in [5.41, 5.74) is 4.87. The van der Waals surface area contributed by atoms with Crippen molar-refractivity contribution in [2.24, 2.45) is 0 Å². The first-order chi connectivity index (χ1) is 9.22. The highest BCUT2D eigenvalue weighted by molar-refractivity contribution is 7.98. The minimum absolute atomic E-state index is 0.831. The van der Waals surface area contributed by atoms with Crippen LogP contribution in [0.4, 0.5) is 0 Å². The summed E-state index contributed by atoms with van der Waals surface area (Å²) in [5.74, 6) is 1.77. The van der Waals surface area contributed by atoms with Crippen molar-refractivity contribution in [1.82, 2.24) is 15.3 Å². The molecule has 2 heterocycles. The fourth-order valence-electron chi connectivity index (χ4n) is 2.25. The van der Waals surface area contributed by atoms with E-state index in [1.807, 2.05) is 0 Å². The molecule has 0 fully saturated rings. The maximum absolute atomic E-state index is 4.65. The molecule has 1 aromatic carbocycles. The molecule has 19 heavy (non-hydrogen) atoms. The summed E-state index contributed by atoms with van der Waals surface area (Å²) in [6.45, 7) is 5.97. The number of hydrogen-bond acceptors (Lipinski definition) is 4. The lowest BCUT2D eigenvalue weighted by Crippen LogP contribution is -2.02. The number of aromatic nitrogens is 2. The Morgan fingerprint density at radius 2 is 1.89 bits per heavy atom. The first-order valence-electron chi connectivity index (χ1n) is 6.48. The standard InChI is InChI=1S/C15H17N3S/c1-10-3-5-12(6-4-10)19-9-15-17-11(2)13-7-16-8-14(13)18-15/h3-6,16H,7-9H2,1-2H3. The molecular weight excluding hydrogens is 254 g/mol. The van der Waals surface area contributed by atoms with E-state index >= 15 is 0 Å². The van der Waals surface area contributed by atoms with Crippen LogP contribution in [0.2, 0.25) is 0 Å². The van der Waals surface area contributed by atoms with Gasteiger partial charge in [0, 0.05) is 29.2 Å². The van der Waals surface area contributed by atoms with E-state index in [2.05, 4.69) is 53.4 Å². The molecule has 2 aromatic rings. The van der Waals surface area contributed by atoms with Gasteiger partial charge in [-0.3, -0.25) is 0 Å². The molecule has 0 aliphatic carbocycles. The minimum atomic E-state index is 0.831. The Kier molecular flexibility index (Phi) is 3.53. The SMILES string of the molecule is Cc1ccc(SCc2nc(C)c3c(n2)CNC3)cc1. The van der Waals surface area contributed by atoms with E-state index in [9.17, 15) is 0 Å². The highest BCUT2D eigenvalue weighted by atomic mass is 32.2. The number of rotatable bonds is 3. The molecule has 0 saturated carbocycles. The number of fused-ring (bicyclic) bond motifs is 1. The average molecular weight is 271 g/mol. The van der Waals surface area contributed by atoms with Gasteiger partial charge in [-0.05, 0) is 26.0 Å². The van der Waals surface area contributed by atoms with Crippen molar-refractivity contribution in [1.29, 1.82) is 0 Å². The summed E-state index contributed by atoms with van der Waals surface area (Å²) in [6, 6.07) is 8.59. The molecule has 3 rings (SSSR count). The number of nitrogens with one attached hydrogen (secondary N) is 1. The van der Waals surface area contributed by atoms with Crippen molar-refractivity contribution in [2.45, 2.75) is 37.6 Å². The Bertz CT molecular complexity index is 593.